The van der Waals surface area contributed by atoms with E-state index < -0.39 is 0 Å². The maximum absolute atomic E-state index is 12.5. The zero-order chi connectivity index (χ0) is 21.3. The molecule has 0 atom stereocenters. The van der Waals surface area contributed by atoms with E-state index in [2.05, 4.69) is 60.2 Å². The van der Waals surface area contributed by atoms with E-state index >= 15 is 0 Å². The fraction of sp³-hybridized carbons (Fsp3) is 0.400. The number of nitrogens with zero attached hydrogens (tertiary/aromatic N) is 1. The van der Waals surface area contributed by atoms with Gasteiger partial charge in [0.15, 0.2) is 0 Å². The smallest absolute Gasteiger partial charge is 0.253 e. The standard InChI is InChI=1S/C25H31N3O2/c1-25(2,3)19-4-9-23-17(15-19)14-18(24(30)27-23)16-26-20-5-7-21(8-6-20)28-12-10-22(29)11-13-28/h4-9,14-15,22,26,29H,10-13,16H2,1-3H3,(H,27,30). The summed E-state index contributed by atoms with van der Waals surface area (Å²) in [4.78, 5) is 17.8. The van der Waals surface area contributed by atoms with Crippen LogP contribution >= 0.6 is 0 Å². The van der Waals surface area contributed by atoms with Gasteiger partial charge < -0.3 is 20.3 Å². The molecule has 5 heteroatoms. The van der Waals surface area contributed by atoms with Gasteiger partial charge in [0.25, 0.3) is 5.56 Å². The second-order valence-electron chi connectivity index (χ2n) is 9.29. The first-order valence-corrected chi connectivity index (χ1v) is 10.7. The van der Waals surface area contributed by atoms with Crippen molar-refractivity contribution in [1.82, 2.24) is 4.98 Å². The molecule has 0 saturated carbocycles. The van der Waals surface area contributed by atoms with Crippen LogP contribution in [-0.2, 0) is 12.0 Å². The number of hydrogen-bond acceptors (Lipinski definition) is 4. The van der Waals surface area contributed by atoms with Gasteiger partial charge in [0.1, 0.15) is 0 Å². The highest BCUT2D eigenvalue weighted by Crippen LogP contribution is 2.26. The van der Waals surface area contributed by atoms with Gasteiger partial charge in [-0.25, -0.2) is 0 Å². The Morgan fingerprint density at radius 2 is 1.77 bits per heavy atom. The Labute approximate surface area is 177 Å². The van der Waals surface area contributed by atoms with Crippen LogP contribution in [0, 0.1) is 0 Å². The van der Waals surface area contributed by atoms with Gasteiger partial charge in [-0.2, -0.15) is 0 Å². The van der Waals surface area contributed by atoms with E-state index in [1.165, 1.54) is 11.3 Å². The number of aliphatic hydroxyl groups excluding tert-OH is 1. The van der Waals surface area contributed by atoms with Gasteiger partial charge in [0.05, 0.1) is 6.10 Å². The van der Waals surface area contributed by atoms with E-state index in [0.29, 0.717) is 6.54 Å². The molecule has 0 spiro atoms. The van der Waals surface area contributed by atoms with Gasteiger partial charge >= 0.3 is 0 Å². The van der Waals surface area contributed by atoms with Crippen molar-refractivity contribution in [1.29, 1.82) is 0 Å². The lowest BCUT2D eigenvalue weighted by Gasteiger charge is -2.31. The number of aliphatic hydroxyl groups is 1. The highest BCUT2D eigenvalue weighted by molar-refractivity contribution is 5.80. The Bertz CT molecular complexity index is 1070. The fourth-order valence-corrected chi connectivity index (χ4v) is 3.96. The number of piperidine rings is 1. The molecule has 0 radical (unpaired) electrons. The van der Waals surface area contributed by atoms with Gasteiger partial charge in [-0.1, -0.05) is 26.8 Å². The van der Waals surface area contributed by atoms with Crippen molar-refractivity contribution in [2.24, 2.45) is 0 Å². The summed E-state index contributed by atoms with van der Waals surface area (Å²) in [5.41, 5.74) is 5.01. The van der Waals surface area contributed by atoms with Gasteiger partial charge in [-0.05, 0) is 71.7 Å². The Kier molecular flexibility index (Phi) is 5.56. The number of benzene rings is 2. The van der Waals surface area contributed by atoms with Gasteiger partial charge in [0.2, 0.25) is 0 Å². The molecule has 0 amide bonds. The summed E-state index contributed by atoms with van der Waals surface area (Å²) in [6.45, 7) is 8.82. The van der Waals surface area contributed by atoms with E-state index in [1.54, 1.807) is 0 Å². The molecule has 5 nitrogen and oxygen atoms in total. The molecule has 1 aromatic heterocycles. The van der Waals surface area contributed by atoms with E-state index in [9.17, 15) is 9.90 Å². The zero-order valence-electron chi connectivity index (χ0n) is 18.0. The molecule has 1 aliphatic heterocycles. The van der Waals surface area contributed by atoms with Crippen molar-refractivity contribution in [3.63, 3.8) is 0 Å². The van der Waals surface area contributed by atoms with Crippen LogP contribution in [0.4, 0.5) is 11.4 Å². The molecule has 4 rings (SSSR count). The first-order chi connectivity index (χ1) is 14.3. The molecular weight excluding hydrogens is 374 g/mol. The summed E-state index contributed by atoms with van der Waals surface area (Å²) >= 11 is 0. The van der Waals surface area contributed by atoms with Crippen LogP contribution in [0.15, 0.2) is 53.3 Å². The van der Waals surface area contributed by atoms with Crippen molar-refractivity contribution in [3.05, 3.63) is 70.0 Å². The SMILES string of the molecule is CC(C)(C)c1ccc2[nH]c(=O)c(CNc3ccc(N4CCC(O)CC4)cc3)cc2c1. The lowest BCUT2D eigenvalue weighted by molar-refractivity contribution is 0.145. The van der Waals surface area contributed by atoms with E-state index in [-0.39, 0.29) is 17.1 Å². The summed E-state index contributed by atoms with van der Waals surface area (Å²) in [5, 5.41) is 14.1. The maximum Gasteiger partial charge on any atom is 0.253 e. The van der Waals surface area contributed by atoms with Crippen LogP contribution in [0.2, 0.25) is 0 Å². The van der Waals surface area contributed by atoms with Crippen molar-refractivity contribution >= 4 is 22.3 Å². The van der Waals surface area contributed by atoms with Gasteiger partial charge in [-0.15, -0.1) is 0 Å². The zero-order valence-corrected chi connectivity index (χ0v) is 18.0. The predicted molar refractivity (Wildman–Crippen MR) is 124 cm³/mol. The Morgan fingerprint density at radius 3 is 2.43 bits per heavy atom. The molecular formula is C25H31N3O2. The first-order valence-electron chi connectivity index (χ1n) is 10.7. The fourth-order valence-electron chi connectivity index (χ4n) is 3.96. The second kappa shape index (κ2) is 8.15. The Hall–Kier alpha value is -2.79. The number of aromatic nitrogens is 1. The number of fused-ring (bicyclic) bond motifs is 1. The second-order valence-corrected chi connectivity index (χ2v) is 9.29. The number of H-pyrrole nitrogens is 1. The minimum absolute atomic E-state index is 0.0537. The molecule has 3 N–H and O–H groups in total. The van der Waals surface area contributed by atoms with Crippen LogP contribution in [-0.4, -0.2) is 29.3 Å². The van der Waals surface area contributed by atoms with Crippen LogP contribution in [0.1, 0.15) is 44.7 Å². The molecule has 1 aliphatic rings. The third kappa shape index (κ3) is 4.51. The molecule has 0 unspecified atom stereocenters. The van der Waals surface area contributed by atoms with Crippen LogP contribution in [0.25, 0.3) is 10.9 Å². The molecule has 30 heavy (non-hydrogen) atoms. The summed E-state index contributed by atoms with van der Waals surface area (Å²) in [6, 6.07) is 16.5. The summed E-state index contributed by atoms with van der Waals surface area (Å²) in [5.74, 6) is 0. The van der Waals surface area contributed by atoms with Crippen molar-refractivity contribution < 1.29 is 5.11 Å². The first kappa shape index (κ1) is 20.5. The van der Waals surface area contributed by atoms with Gasteiger partial charge in [0, 0.05) is 42.1 Å². The molecule has 3 aromatic rings. The average Bonchev–Trinajstić information content (AvgIpc) is 2.72. The van der Waals surface area contributed by atoms with Crippen molar-refractivity contribution in [3.8, 4) is 0 Å². The molecule has 1 saturated heterocycles. The molecule has 0 aliphatic carbocycles. The van der Waals surface area contributed by atoms with Gasteiger partial charge in [-0.3, -0.25) is 4.79 Å². The third-order valence-corrected chi connectivity index (χ3v) is 5.97. The number of aromatic amines is 1. The monoisotopic (exact) mass is 405 g/mol. The normalized spacial score (nSPS) is 15.5. The predicted octanol–water partition coefficient (Wildman–Crippen LogP) is 4.40. The molecule has 0 bridgehead atoms. The molecule has 1 fully saturated rings. The van der Waals surface area contributed by atoms with Crippen molar-refractivity contribution in [2.45, 2.75) is 51.7 Å². The van der Waals surface area contributed by atoms with E-state index in [0.717, 1.165) is 48.1 Å². The molecule has 2 heterocycles. The highest BCUT2D eigenvalue weighted by Gasteiger charge is 2.17. The quantitative estimate of drug-likeness (QED) is 0.602. The molecule has 2 aromatic carbocycles. The van der Waals surface area contributed by atoms with Crippen LogP contribution < -0.4 is 15.8 Å². The number of hydrogen-bond donors (Lipinski definition) is 3. The number of anilines is 2. The minimum Gasteiger partial charge on any atom is -0.393 e. The Morgan fingerprint density at radius 1 is 1.07 bits per heavy atom. The van der Waals surface area contributed by atoms with Crippen LogP contribution in [0.3, 0.4) is 0 Å². The number of nitrogens with one attached hydrogen (secondary N) is 2. The Balaban J connectivity index is 1.47. The maximum atomic E-state index is 12.5. The minimum atomic E-state index is -0.165. The third-order valence-electron chi connectivity index (χ3n) is 5.97. The largest absolute Gasteiger partial charge is 0.393 e. The van der Waals surface area contributed by atoms with Crippen molar-refractivity contribution in [2.75, 3.05) is 23.3 Å². The van der Waals surface area contributed by atoms with E-state index in [4.69, 9.17) is 0 Å². The summed E-state index contributed by atoms with van der Waals surface area (Å²) in [7, 11) is 0. The highest BCUT2D eigenvalue weighted by atomic mass is 16.3. The lowest BCUT2D eigenvalue weighted by atomic mass is 9.86. The van der Waals surface area contributed by atoms with E-state index in [1.807, 2.05) is 24.3 Å². The number of pyridine rings is 1. The van der Waals surface area contributed by atoms with Crippen LogP contribution in [0.5, 0.6) is 0 Å². The summed E-state index contributed by atoms with van der Waals surface area (Å²) < 4.78 is 0. The topological polar surface area (TPSA) is 68.4 Å². The molecule has 158 valence electrons. The average molecular weight is 406 g/mol. The lowest BCUT2D eigenvalue weighted by Crippen LogP contribution is -2.35. The number of rotatable bonds is 4. The summed E-state index contributed by atoms with van der Waals surface area (Å²) in [6.07, 6.45) is 1.48.